The Kier molecular flexibility index (Phi) is 6.09. The van der Waals surface area contributed by atoms with Crippen LogP contribution in [-0.2, 0) is 16.1 Å². The molecule has 1 heterocycles. The molecule has 0 unspecified atom stereocenters. The smallest absolute Gasteiger partial charge is 0.255 e. The summed E-state index contributed by atoms with van der Waals surface area (Å²) >= 11 is 0. The molecule has 1 aliphatic rings. The van der Waals surface area contributed by atoms with Crippen molar-refractivity contribution < 1.29 is 14.4 Å². The molecule has 1 N–H and O–H groups in total. The molecule has 0 saturated carbocycles. The van der Waals surface area contributed by atoms with Crippen LogP contribution in [0.2, 0.25) is 0 Å². The maximum absolute atomic E-state index is 12.5. The number of imide groups is 1. The third-order valence-corrected chi connectivity index (χ3v) is 4.97. The maximum Gasteiger partial charge on any atom is 0.255 e. The van der Waals surface area contributed by atoms with Gasteiger partial charge in [-0.2, -0.15) is 0 Å². The van der Waals surface area contributed by atoms with E-state index in [2.05, 4.69) is 24.1 Å². The van der Waals surface area contributed by atoms with Crippen LogP contribution < -0.4 is 10.2 Å². The number of rotatable bonds is 7. The van der Waals surface area contributed by atoms with Crippen molar-refractivity contribution in [3.63, 3.8) is 0 Å². The SMILES string of the molecule is CCN(CC)c1ccc(NC(=O)c2ccc(CN3C(=O)CCC3=O)cc2)cc1. The summed E-state index contributed by atoms with van der Waals surface area (Å²) in [7, 11) is 0. The topological polar surface area (TPSA) is 69.7 Å². The van der Waals surface area contributed by atoms with Gasteiger partial charge in [0.05, 0.1) is 6.54 Å². The zero-order valence-corrected chi connectivity index (χ0v) is 16.3. The van der Waals surface area contributed by atoms with Gasteiger partial charge in [-0.05, 0) is 55.8 Å². The van der Waals surface area contributed by atoms with E-state index in [1.165, 1.54) is 4.90 Å². The van der Waals surface area contributed by atoms with Gasteiger partial charge in [-0.1, -0.05) is 12.1 Å². The highest BCUT2D eigenvalue weighted by Crippen LogP contribution is 2.19. The van der Waals surface area contributed by atoms with Crippen molar-refractivity contribution >= 4 is 29.1 Å². The van der Waals surface area contributed by atoms with Gasteiger partial charge in [0.25, 0.3) is 5.91 Å². The zero-order valence-electron chi connectivity index (χ0n) is 16.3. The van der Waals surface area contributed by atoms with Gasteiger partial charge in [0.1, 0.15) is 0 Å². The number of anilines is 2. The molecular formula is C22H25N3O3. The van der Waals surface area contributed by atoms with Crippen molar-refractivity contribution in [1.29, 1.82) is 0 Å². The summed E-state index contributed by atoms with van der Waals surface area (Å²) in [6, 6.07) is 14.7. The molecule has 28 heavy (non-hydrogen) atoms. The van der Waals surface area contributed by atoms with Crippen LogP contribution in [0.25, 0.3) is 0 Å². The Bertz CT molecular complexity index is 840. The molecule has 1 saturated heterocycles. The van der Waals surface area contributed by atoms with Gasteiger partial charge in [0.15, 0.2) is 0 Å². The first-order valence-corrected chi connectivity index (χ1v) is 9.60. The van der Waals surface area contributed by atoms with Crippen LogP contribution in [0.15, 0.2) is 48.5 Å². The first-order valence-electron chi connectivity index (χ1n) is 9.60. The third-order valence-electron chi connectivity index (χ3n) is 4.97. The normalized spacial score (nSPS) is 13.7. The largest absolute Gasteiger partial charge is 0.372 e. The van der Waals surface area contributed by atoms with E-state index in [1.54, 1.807) is 24.3 Å². The lowest BCUT2D eigenvalue weighted by Gasteiger charge is -2.21. The van der Waals surface area contributed by atoms with Gasteiger partial charge in [0, 0.05) is 42.9 Å². The molecule has 2 aromatic rings. The van der Waals surface area contributed by atoms with E-state index in [-0.39, 0.29) is 37.1 Å². The number of likely N-dealkylation sites (tertiary alicyclic amines) is 1. The lowest BCUT2D eigenvalue weighted by molar-refractivity contribution is -0.139. The van der Waals surface area contributed by atoms with Crippen LogP contribution in [0.5, 0.6) is 0 Å². The quantitative estimate of drug-likeness (QED) is 0.748. The number of nitrogens with one attached hydrogen (secondary N) is 1. The van der Waals surface area contributed by atoms with Crippen LogP contribution in [0.3, 0.4) is 0 Å². The van der Waals surface area contributed by atoms with Gasteiger partial charge in [0.2, 0.25) is 11.8 Å². The molecule has 6 nitrogen and oxygen atoms in total. The second kappa shape index (κ2) is 8.69. The zero-order chi connectivity index (χ0) is 20.1. The molecule has 2 aromatic carbocycles. The maximum atomic E-state index is 12.5. The Hall–Kier alpha value is -3.15. The van der Waals surface area contributed by atoms with Crippen LogP contribution >= 0.6 is 0 Å². The highest BCUT2D eigenvalue weighted by Gasteiger charge is 2.28. The van der Waals surface area contributed by atoms with Crippen molar-refractivity contribution in [1.82, 2.24) is 4.90 Å². The van der Waals surface area contributed by atoms with E-state index in [9.17, 15) is 14.4 Å². The first-order chi connectivity index (χ1) is 13.5. The van der Waals surface area contributed by atoms with E-state index in [0.29, 0.717) is 5.56 Å². The van der Waals surface area contributed by atoms with Crippen LogP contribution in [0.1, 0.15) is 42.6 Å². The van der Waals surface area contributed by atoms with Gasteiger partial charge in [-0.15, -0.1) is 0 Å². The molecule has 6 heteroatoms. The molecule has 3 rings (SSSR count). The summed E-state index contributed by atoms with van der Waals surface area (Å²) in [5.74, 6) is -0.476. The van der Waals surface area contributed by atoms with Crippen molar-refractivity contribution in [3.05, 3.63) is 59.7 Å². The molecule has 1 aliphatic heterocycles. The summed E-state index contributed by atoms with van der Waals surface area (Å²) in [6.45, 7) is 6.34. The average molecular weight is 379 g/mol. The van der Waals surface area contributed by atoms with E-state index >= 15 is 0 Å². The van der Waals surface area contributed by atoms with Gasteiger partial charge < -0.3 is 10.2 Å². The minimum absolute atomic E-state index is 0.139. The van der Waals surface area contributed by atoms with Crippen molar-refractivity contribution in [2.24, 2.45) is 0 Å². The lowest BCUT2D eigenvalue weighted by Crippen LogP contribution is -2.28. The second-order valence-electron chi connectivity index (χ2n) is 6.74. The summed E-state index contributed by atoms with van der Waals surface area (Å²) in [5.41, 5.74) is 3.20. The Morgan fingerprint density at radius 2 is 1.50 bits per heavy atom. The Labute approximate surface area is 165 Å². The highest BCUT2D eigenvalue weighted by molar-refractivity contribution is 6.04. The Balaban J connectivity index is 1.61. The van der Waals surface area contributed by atoms with Crippen LogP contribution in [0.4, 0.5) is 11.4 Å². The molecule has 0 atom stereocenters. The highest BCUT2D eigenvalue weighted by atomic mass is 16.2. The number of carbonyl (C=O) groups excluding carboxylic acids is 3. The van der Waals surface area contributed by atoms with Gasteiger partial charge >= 0.3 is 0 Å². The van der Waals surface area contributed by atoms with Crippen molar-refractivity contribution in [2.45, 2.75) is 33.2 Å². The molecule has 3 amide bonds. The monoisotopic (exact) mass is 379 g/mol. The minimum atomic E-state index is -0.199. The van der Waals surface area contributed by atoms with E-state index < -0.39 is 0 Å². The van der Waals surface area contributed by atoms with E-state index in [0.717, 1.165) is 30.0 Å². The number of hydrogen-bond acceptors (Lipinski definition) is 4. The third kappa shape index (κ3) is 4.39. The van der Waals surface area contributed by atoms with Gasteiger partial charge in [-0.3, -0.25) is 19.3 Å². The molecule has 0 radical (unpaired) electrons. The molecular weight excluding hydrogens is 354 g/mol. The summed E-state index contributed by atoms with van der Waals surface area (Å²) < 4.78 is 0. The van der Waals surface area contributed by atoms with E-state index in [1.807, 2.05) is 24.3 Å². The van der Waals surface area contributed by atoms with Crippen LogP contribution in [-0.4, -0.2) is 35.7 Å². The molecule has 1 fully saturated rings. The fourth-order valence-electron chi connectivity index (χ4n) is 3.29. The van der Waals surface area contributed by atoms with E-state index in [4.69, 9.17) is 0 Å². The number of benzene rings is 2. The predicted octanol–water partition coefficient (Wildman–Crippen LogP) is 3.43. The van der Waals surface area contributed by atoms with Crippen LogP contribution in [0, 0.1) is 0 Å². The lowest BCUT2D eigenvalue weighted by atomic mass is 10.1. The number of nitrogens with zero attached hydrogens (tertiary/aromatic N) is 2. The van der Waals surface area contributed by atoms with Gasteiger partial charge in [-0.25, -0.2) is 0 Å². The Morgan fingerprint density at radius 3 is 2.04 bits per heavy atom. The second-order valence-corrected chi connectivity index (χ2v) is 6.74. The summed E-state index contributed by atoms with van der Waals surface area (Å²) in [6.07, 6.45) is 0.568. The first kappa shape index (κ1) is 19.6. The Morgan fingerprint density at radius 1 is 0.929 bits per heavy atom. The standard InChI is InChI=1S/C22H25N3O3/c1-3-24(4-2)19-11-9-18(10-12-19)23-22(28)17-7-5-16(6-8-17)15-25-20(26)13-14-21(25)27/h5-12H,3-4,13-15H2,1-2H3,(H,23,28). The fraction of sp³-hybridized carbons (Fsp3) is 0.318. The molecule has 0 aliphatic carbocycles. The average Bonchev–Trinajstić information content (AvgIpc) is 3.02. The number of carbonyl (C=O) groups is 3. The van der Waals surface area contributed by atoms with Crippen molar-refractivity contribution in [3.8, 4) is 0 Å². The summed E-state index contributed by atoms with van der Waals surface area (Å²) in [4.78, 5) is 39.4. The molecule has 0 bridgehead atoms. The summed E-state index contributed by atoms with van der Waals surface area (Å²) in [5, 5.41) is 2.89. The predicted molar refractivity (Wildman–Crippen MR) is 109 cm³/mol. The van der Waals surface area contributed by atoms with Crippen molar-refractivity contribution in [2.75, 3.05) is 23.3 Å². The fourth-order valence-corrected chi connectivity index (χ4v) is 3.29. The number of amides is 3. The number of hydrogen-bond donors (Lipinski definition) is 1. The minimum Gasteiger partial charge on any atom is -0.372 e. The molecule has 146 valence electrons. The molecule has 0 spiro atoms. The molecule has 0 aromatic heterocycles.